The van der Waals surface area contributed by atoms with E-state index in [1.54, 1.807) is 11.8 Å². The Bertz CT molecular complexity index is 383. The summed E-state index contributed by atoms with van der Waals surface area (Å²) in [5.74, 6) is -0.0372. The van der Waals surface area contributed by atoms with Gasteiger partial charge in [0.25, 0.3) is 0 Å². The molecule has 0 aromatic heterocycles. The average molecular weight is 299 g/mol. The number of likely N-dealkylation sites (N-methyl/N-ethyl adjacent to an activating group) is 1. The van der Waals surface area contributed by atoms with Gasteiger partial charge in [-0.05, 0) is 38.5 Å². The van der Waals surface area contributed by atoms with Gasteiger partial charge >= 0.3 is 0 Å². The number of benzene rings is 1. The minimum absolute atomic E-state index is 0.0372. The van der Waals surface area contributed by atoms with Crippen molar-refractivity contribution in [3.63, 3.8) is 0 Å². The molecule has 0 fully saturated rings. The Morgan fingerprint density at radius 3 is 2.18 bits per heavy atom. The molecule has 94 valence electrons. The van der Waals surface area contributed by atoms with Crippen molar-refractivity contribution >= 4 is 21.8 Å². The lowest BCUT2D eigenvalue weighted by Crippen LogP contribution is -2.50. The molecule has 4 heteroatoms. The fourth-order valence-corrected chi connectivity index (χ4v) is 2.02. The van der Waals surface area contributed by atoms with Crippen LogP contribution in [0.15, 0.2) is 28.7 Å². The molecule has 0 aliphatic heterocycles. The molecule has 0 radical (unpaired) electrons. The first kappa shape index (κ1) is 14.2. The highest BCUT2D eigenvalue weighted by Crippen LogP contribution is 2.22. The Labute approximate surface area is 111 Å². The molecule has 1 rings (SSSR count). The molecule has 0 saturated heterocycles. The molecule has 0 bridgehead atoms. The van der Waals surface area contributed by atoms with Gasteiger partial charge in [-0.15, -0.1) is 0 Å². The first-order chi connectivity index (χ1) is 7.93. The Kier molecular flexibility index (Phi) is 4.71. The maximum Gasteiger partial charge on any atom is 0.246 e. The minimum atomic E-state index is -0.966. The summed E-state index contributed by atoms with van der Waals surface area (Å²) in [4.78, 5) is 14.1. The summed E-state index contributed by atoms with van der Waals surface area (Å²) in [5.41, 5.74) is 6.04. The Balaban J connectivity index is 3.01. The van der Waals surface area contributed by atoms with E-state index in [4.69, 9.17) is 5.73 Å². The first-order valence-corrected chi connectivity index (χ1v) is 6.57. The van der Waals surface area contributed by atoms with E-state index >= 15 is 0 Å². The monoisotopic (exact) mass is 298 g/mol. The van der Waals surface area contributed by atoms with E-state index in [0.717, 1.165) is 10.0 Å². The number of carbonyl (C=O) groups excluding carboxylic acids is 1. The predicted octanol–water partition coefficient (Wildman–Crippen LogP) is 2.49. The van der Waals surface area contributed by atoms with Gasteiger partial charge in [0.15, 0.2) is 0 Å². The van der Waals surface area contributed by atoms with Crippen molar-refractivity contribution in [2.24, 2.45) is 5.73 Å². The van der Waals surface area contributed by atoms with Crippen molar-refractivity contribution in [1.82, 2.24) is 4.90 Å². The maximum absolute atomic E-state index is 12.3. The predicted molar refractivity (Wildman–Crippen MR) is 73.6 cm³/mol. The molecule has 1 atom stereocenters. The van der Waals surface area contributed by atoms with Gasteiger partial charge in [0.1, 0.15) is 5.54 Å². The van der Waals surface area contributed by atoms with E-state index in [9.17, 15) is 4.79 Å². The van der Waals surface area contributed by atoms with E-state index in [0.29, 0.717) is 13.1 Å². The summed E-state index contributed by atoms with van der Waals surface area (Å²) in [6.45, 7) is 7.03. The van der Waals surface area contributed by atoms with E-state index in [2.05, 4.69) is 15.9 Å². The third-order valence-electron chi connectivity index (χ3n) is 2.94. The first-order valence-electron chi connectivity index (χ1n) is 5.77. The molecule has 17 heavy (non-hydrogen) atoms. The van der Waals surface area contributed by atoms with Crippen LogP contribution in [0.3, 0.4) is 0 Å². The Morgan fingerprint density at radius 2 is 1.76 bits per heavy atom. The van der Waals surface area contributed by atoms with Crippen LogP contribution >= 0.6 is 15.9 Å². The molecule has 0 spiro atoms. The number of carbonyl (C=O) groups is 1. The van der Waals surface area contributed by atoms with Crippen molar-refractivity contribution in [2.75, 3.05) is 13.1 Å². The number of hydrogen-bond acceptors (Lipinski definition) is 2. The zero-order chi connectivity index (χ0) is 13.1. The SMILES string of the molecule is CCN(CC)C(=O)C(C)(N)c1ccc(Br)cc1. The van der Waals surface area contributed by atoms with Gasteiger partial charge in [0.05, 0.1) is 0 Å². The lowest BCUT2D eigenvalue weighted by Gasteiger charge is -2.30. The van der Waals surface area contributed by atoms with Gasteiger partial charge in [-0.25, -0.2) is 0 Å². The van der Waals surface area contributed by atoms with Crippen molar-refractivity contribution < 1.29 is 4.79 Å². The summed E-state index contributed by atoms with van der Waals surface area (Å²) in [6, 6.07) is 7.56. The van der Waals surface area contributed by atoms with E-state index in [1.165, 1.54) is 0 Å². The van der Waals surface area contributed by atoms with Gasteiger partial charge in [-0.2, -0.15) is 0 Å². The summed E-state index contributed by atoms with van der Waals surface area (Å²) < 4.78 is 0.979. The molecule has 3 nitrogen and oxygen atoms in total. The van der Waals surface area contributed by atoms with E-state index < -0.39 is 5.54 Å². The molecule has 0 aliphatic rings. The third-order valence-corrected chi connectivity index (χ3v) is 3.47. The Hall–Kier alpha value is -0.870. The fraction of sp³-hybridized carbons (Fsp3) is 0.462. The normalized spacial score (nSPS) is 14.2. The second kappa shape index (κ2) is 5.65. The smallest absolute Gasteiger partial charge is 0.246 e. The van der Waals surface area contributed by atoms with Crippen molar-refractivity contribution in [3.05, 3.63) is 34.3 Å². The van der Waals surface area contributed by atoms with E-state index in [-0.39, 0.29) is 5.91 Å². The number of halogens is 1. The van der Waals surface area contributed by atoms with Crippen LogP contribution in [-0.2, 0) is 10.3 Å². The number of rotatable bonds is 4. The van der Waals surface area contributed by atoms with Crippen LogP contribution in [0.2, 0.25) is 0 Å². The van der Waals surface area contributed by atoms with E-state index in [1.807, 2.05) is 38.1 Å². The van der Waals surface area contributed by atoms with Gasteiger partial charge < -0.3 is 10.6 Å². The van der Waals surface area contributed by atoms with Crippen LogP contribution in [0.1, 0.15) is 26.3 Å². The van der Waals surface area contributed by atoms with Crippen molar-refractivity contribution in [3.8, 4) is 0 Å². The highest BCUT2D eigenvalue weighted by atomic mass is 79.9. The second-order valence-corrected chi connectivity index (χ2v) is 5.10. The number of amides is 1. The fourth-order valence-electron chi connectivity index (χ4n) is 1.76. The summed E-state index contributed by atoms with van der Waals surface area (Å²) in [5, 5.41) is 0. The molecular weight excluding hydrogens is 280 g/mol. The van der Waals surface area contributed by atoms with Crippen LogP contribution in [0.25, 0.3) is 0 Å². The summed E-state index contributed by atoms with van der Waals surface area (Å²) in [6.07, 6.45) is 0. The number of hydrogen-bond donors (Lipinski definition) is 1. The van der Waals surface area contributed by atoms with Gasteiger partial charge in [-0.3, -0.25) is 4.79 Å². The molecule has 0 saturated carbocycles. The third kappa shape index (κ3) is 3.07. The van der Waals surface area contributed by atoms with Crippen LogP contribution < -0.4 is 5.73 Å². The van der Waals surface area contributed by atoms with Crippen LogP contribution in [0.4, 0.5) is 0 Å². The molecular formula is C13H19BrN2O. The maximum atomic E-state index is 12.3. The second-order valence-electron chi connectivity index (χ2n) is 4.19. The van der Waals surface area contributed by atoms with Gasteiger partial charge in [0, 0.05) is 17.6 Å². The van der Waals surface area contributed by atoms with Crippen LogP contribution in [0, 0.1) is 0 Å². The summed E-state index contributed by atoms with van der Waals surface area (Å²) in [7, 11) is 0. The molecule has 0 heterocycles. The largest absolute Gasteiger partial charge is 0.341 e. The van der Waals surface area contributed by atoms with Crippen molar-refractivity contribution in [1.29, 1.82) is 0 Å². The number of nitrogens with two attached hydrogens (primary N) is 1. The van der Waals surface area contributed by atoms with Crippen molar-refractivity contribution in [2.45, 2.75) is 26.3 Å². The molecule has 1 aromatic rings. The lowest BCUT2D eigenvalue weighted by molar-refractivity contribution is -0.136. The highest BCUT2D eigenvalue weighted by molar-refractivity contribution is 9.10. The lowest BCUT2D eigenvalue weighted by atomic mass is 9.91. The van der Waals surface area contributed by atoms with Crippen LogP contribution in [0.5, 0.6) is 0 Å². The average Bonchev–Trinajstić information content (AvgIpc) is 2.31. The summed E-state index contributed by atoms with van der Waals surface area (Å²) >= 11 is 3.37. The topological polar surface area (TPSA) is 46.3 Å². The minimum Gasteiger partial charge on any atom is -0.341 e. The zero-order valence-corrected chi connectivity index (χ0v) is 12.1. The molecule has 1 unspecified atom stereocenters. The molecule has 0 aliphatic carbocycles. The highest BCUT2D eigenvalue weighted by Gasteiger charge is 2.33. The Morgan fingerprint density at radius 1 is 1.29 bits per heavy atom. The molecule has 1 aromatic carbocycles. The quantitative estimate of drug-likeness (QED) is 0.928. The number of nitrogens with zero attached hydrogens (tertiary/aromatic N) is 1. The zero-order valence-electron chi connectivity index (χ0n) is 10.5. The van der Waals surface area contributed by atoms with Gasteiger partial charge in [-0.1, -0.05) is 28.1 Å². The molecule has 1 amide bonds. The molecule has 2 N–H and O–H groups in total. The van der Waals surface area contributed by atoms with Gasteiger partial charge in [0.2, 0.25) is 5.91 Å². The van der Waals surface area contributed by atoms with Crippen LogP contribution in [-0.4, -0.2) is 23.9 Å². The standard InChI is InChI=1S/C13H19BrN2O/c1-4-16(5-2)12(17)13(3,15)10-6-8-11(14)9-7-10/h6-9H,4-5,15H2,1-3H3.